The molecule has 1 aromatic heterocycles. The molecule has 1 unspecified atom stereocenters. The van der Waals surface area contributed by atoms with Gasteiger partial charge in [0.15, 0.2) is 5.78 Å². The van der Waals surface area contributed by atoms with Crippen LogP contribution < -0.4 is 0 Å². The van der Waals surface area contributed by atoms with Crippen molar-refractivity contribution < 1.29 is 14.7 Å². The maximum atomic E-state index is 12.5. The number of nitrogens with zero attached hydrogens (tertiary/aromatic N) is 1. The van der Waals surface area contributed by atoms with E-state index in [1.54, 1.807) is 42.6 Å². The molecule has 4 nitrogen and oxygen atoms in total. The molecular weight excluding hydrogens is 322 g/mol. The summed E-state index contributed by atoms with van der Waals surface area (Å²) in [5.74, 6) is -1.94. The average molecular weight is 334 g/mol. The third kappa shape index (κ3) is 3.51. The summed E-state index contributed by atoms with van der Waals surface area (Å²) in [5.41, 5.74) is 1.10. The fraction of sp³-hybridized carbons (Fsp3) is 0.133. The molecule has 0 saturated carbocycles. The van der Waals surface area contributed by atoms with Gasteiger partial charge in [0.05, 0.1) is 12.3 Å². The van der Waals surface area contributed by atoms with Crippen LogP contribution in [0, 0.1) is 0 Å². The van der Waals surface area contributed by atoms with Crippen LogP contribution in [0.5, 0.6) is 0 Å². The lowest BCUT2D eigenvalue weighted by atomic mass is 9.89. The minimum atomic E-state index is -1.01. The molecule has 20 heavy (non-hydrogen) atoms. The highest BCUT2D eigenvalue weighted by atomic mass is 79.9. The fourth-order valence-electron chi connectivity index (χ4n) is 1.93. The third-order valence-corrected chi connectivity index (χ3v) is 3.44. The number of halogens is 1. The van der Waals surface area contributed by atoms with Crippen molar-refractivity contribution in [1.29, 1.82) is 0 Å². The highest BCUT2D eigenvalue weighted by molar-refractivity contribution is 9.10. The molecule has 0 saturated heterocycles. The van der Waals surface area contributed by atoms with E-state index in [2.05, 4.69) is 20.9 Å². The first kappa shape index (κ1) is 14.4. The largest absolute Gasteiger partial charge is 0.481 e. The zero-order chi connectivity index (χ0) is 14.5. The third-order valence-electron chi connectivity index (χ3n) is 2.91. The average Bonchev–Trinajstić information content (AvgIpc) is 2.45. The zero-order valence-corrected chi connectivity index (χ0v) is 12.1. The Kier molecular flexibility index (Phi) is 4.63. The van der Waals surface area contributed by atoms with Gasteiger partial charge in [-0.25, -0.2) is 0 Å². The number of aromatic nitrogens is 1. The quantitative estimate of drug-likeness (QED) is 0.852. The molecule has 1 N–H and O–H groups in total. The van der Waals surface area contributed by atoms with Crippen molar-refractivity contribution in [3.05, 3.63) is 64.4 Å². The topological polar surface area (TPSA) is 67.3 Å². The van der Waals surface area contributed by atoms with Gasteiger partial charge in [0.25, 0.3) is 0 Å². The molecule has 2 aromatic rings. The molecule has 1 heterocycles. The van der Waals surface area contributed by atoms with E-state index in [-0.39, 0.29) is 12.2 Å². The number of pyridine rings is 1. The highest BCUT2D eigenvalue weighted by Gasteiger charge is 2.24. The van der Waals surface area contributed by atoms with Crippen molar-refractivity contribution in [2.45, 2.75) is 12.3 Å². The van der Waals surface area contributed by atoms with Crippen molar-refractivity contribution >= 4 is 27.7 Å². The maximum absolute atomic E-state index is 12.5. The van der Waals surface area contributed by atoms with Crippen molar-refractivity contribution in [2.24, 2.45) is 0 Å². The number of ketones is 1. The summed E-state index contributed by atoms with van der Waals surface area (Å²) in [4.78, 5) is 27.4. The molecule has 0 aliphatic carbocycles. The monoisotopic (exact) mass is 333 g/mol. The number of benzene rings is 1. The lowest BCUT2D eigenvalue weighted by molar-refractivity contribution is -0.137. The number of Topliss-reactive ketones (excluding diaryl/α,β-unsaturated/α-hetero) is 1. The van der Waals surface area contributed by atoms with E-state index in [1.165, 1.54) is 6.20 Å². The van der Waals surface area contributed by atoms with Crippen molar-refractivity contribution in [3.8, 4) is 0 Å². The van der Waals surface area contributed by atoms with E-state index in [9.17, 15) is 9.59 Å². The SMILES string of the molecule is O=C(O)CC(C(=O)c1ccc(Br)cc1)c1cccnc1. The molecule has 0 aliphatic rings. The van der Waals surface area contributed by atoms with Gasteiger partial charge in [-0.3, -0.25) is 14.6 Å². The molecule has 2 rings (SSSR count). The number of rotatable bonds is 5. The standard InChI is InChI=1S/C15H12BrNO3/c16-12-5-3-10(4-6-12)15(20)13(8-14(18)19)11-2-1-7-17-9-11/h1-7,9,13H,8H2,(H,18,19). The van der Waals surface area contributed by atoms with Crippen molar-refractivity contribution in [1.82, 2.24) is 4.98 Å². The number of carbonyl (C=O) groups is 2. The van der Waals surface area contributed by atoms with Gasteiger partial charge in [-0.15, -0.1) is 0 Å². The van der Waals surface area contributed by atoms with Gasteiger partial charge in [-0.2, -0.15) is 0 Å². The minimum absolute atomic E-state index is 0.215. The van der Waals surface area contributed by atoms with Gasteiger partial charge in [-0.1, -0.05) is 34.1 Å². The molecule has 0 radical (unpaired) electrons. The van der Waals surface area contributed by atoms with Gasteiger partial charge in [0.2, 0.25) is 0 Å². The number of carboxylic acid groups (broad SMARTS) is 1. The van der Waals surface area contributed by atoms with Crippen LogP contribution in [0.3, 0.4) is 0 Å². The van der Waals surface area contributed by atoms with Crippen LogP contribution in [0.2, 0.25) is 0 Å². The zero-order valence-electron chi connectivity index (χ0n) is 10.5. The molecule has 5 heteroatoms. The molecule has 102 valence electrons. The molecule has 0 amide bonds. The lowest BCUT2D eigenvalue weighted by Gasteiger charge is -2.14. The first-order chi connectivity index (χ1) is 9.58. The molecule has 1 aromatic carbocycles. The normalized spacial score (nSPS) is 11.8. The lowest BCUT2D eigenvalue weighted by Crippen LogP contribution is -2.17. The summed E-state index contributed by atoms with van der Waals surface area (Å²) in [6.45, 7) is 0. The Labute approximate surface area is 124 Å². The van der Waals surface area contributed by atoms with Crippen LogP contribution in [-0.4, -0.2) is 21.8 Å². The first-order valence-electron chi connectivity index (χ1n) is 5.99. The number of carbonyl (C=O) groups excluding carboxylic acids is 1. The Bertz CT molecular complexity index is 611. The Morgan fingerprint density at radius 3 is 2.45 bits per heavy atom. The van der Waals surface area contributed by atoms with Crippen LogP contribution in [0.1, 0.15) is 28.3 Å². The van der Waals surface area contributed by atoms with Gasteiger partial charge >= 0.3 is 5.97 Å². The van der Waals surface area contributed by atoms with Crippen molar-refractivity contribution in [3.63, 3.8) is 0 Å². The Balaban J connectivity index is 2.34. The molecule has 0 spiro atoms. The predicted molar refractivity (Wildman–Crippen MR) is 77.7 cm³/mol. The summed E-state index contributed by atoms with van der Waals surface area (Å²) in [5, 5.41) is 9.00. The number of aliphatic carboxylic acids is 1. The predicted octanol–water partition coefficient (Wildman–Crippen LogP) is 3.29. The Hall–Kier alpha value is -2.01. The van der Waals surface area contributed by atoms with Crippen LogP contribution >= 0.6 is 15.9 Å². The maximum Gasteiger partial charge on any atom is 0.304 e. The van der Waals surface area contributed by atoms with Crippen LogP contribution in [0.15, 0.2) is 53.3 Å². The van der Waals surface area contributed by atoms with Crippen LogP contribution in [0.25, 0.3) is 0 Å². The number of carboxylic acids is 1. The van der Waals surface area contributed by atoms with Gasteiger partial charge < -0.3 is 5.11 Å². The summed E-state index contributed by atoms with van der Waals surface area (Å²) in [7, 11) is 0. The van der Waals surface area contributed by atoms with E-state index >= 15 is 0 Å². The van der Waals surface area contributed by atoms with Gasteiger partial charge in [0.1, 0.15) is 0 Å². The minimum Gasteiger partial charge on any atom is -0.481 e. The van der Waals surface area contributed by atoms with Crippen molar-refractivity contribution in [2.75, 3.05) is 0 Å². The van der Waals surface area contributed by atoms with E-state index < -0.39 is 11.9 Å². The highest BCUT2D eigenvalue weighted by Crippen LogP contribution is 2.24. The first-order valence-corrected chi connectivity index (χ1v) is 6.78. The van der Waals surface area contributed by atoms with Gasteiger partial charge in [0, 0.05) is 22.4 Å². The fourth-order valence-corrected chi connectivity index (χ4v) is 2.20. The molecule has 0 aliphatic heterocycles. The number of hydrogen-bond donors (Lipinski definition) is 1. The summed E-state index contributed by atoms with van der Waals surface area (Å²) in [6, 6.07) is 10.3. The van der Waals surface area contributed by atoms with E-state index in [1.807, 2.05) is 0 Å². The second-order valence-corrected chi connectivity index (χ2v) is 5.22. The molecule has 0 bridgehead atoms. The van der Waals surface area contributed by atoms with E-state index in [4.69, 9.17) is 5.11 Å². The second kappa shape index (κ2) is 6.43. The summed E-state index contributed by atoms with van der Waals surface area (Å²) in [6.07, 6.45) is 2.87. The van der Waals surface area contributed by atoms with Crippen LogP contribution in [0.4, 0.5) is 0 Å². The van der Waals surface area contributed by atoms with Gasteiger partial charge in [-0.05, 0) is 23.8 Å². The van der Waals surface area contributed by atoms with E-state index in [0.717, 1.165) is 4.47 Å². The number of hydrogen-bond acceptors (Lipinski definition) is 3. The Morgan fingerprint density at radius 2 is 1.90 bits per heavy atom. The molecule has 1 atom stereocenters. The summed E-state index contributed by atoms with van der Waals surface area (Å²) < 4.78 is 0.866. The second-order valence-electron chi connectivity index (χ2n) is 4.31. The molecule has 0 fully saturated rings. The molecular formula is C15H12BrNO3. The summed E-state index contributed by atoms with van der Waals surface area (Å²) >= 11 is 3.30. The van der Waals surface area contributed by atoms with E-state index in [0.29, 0.717) is 11.1 Å². The smallest absolute Gasteiger partial charge is 0.304 e. The Morgan fingerprint density at radius 1 is 1.20 bits per heavy atom. The van der Waals surface area contributed by atoms with Crippen LogP contribution in [-0.2, 0) is 4.79 Å².